The zero-order chi connectivity index (χ0) is 15.6. The second-order valence-corrected chi connectivity index (χ2v) is 5.33. The standard InChI is InChI=1S/C14H17ClFN5/c1-7(2)12-19-13(8(3)14(20-12)21-17)18-11-9(15)5-4-6-10(11)16/h4-7H,17H2,1-3H3,(H2,18,19,20,21). The monoisotopic (exact) mass is 309 g/mol. The SMILES string of the molecule is Cc1c(NN)nc(C(C)C)nc1Nc1c(F)cccc1Cl. The van der Waals surface area contributed by atoms with Crippen LogP contribution in [0.25, 0.3) is 0 Å². The summed E-state index contributed by atoms with van der Waals surface area (Å²) in [5.74, 6) is 6.69. The first-order valence-corrected chi connectivity index (χ1v) is 6.88. The van der Waals surface area contributed by atoms with Crippen LogP contribution in [-0.2, 0) is 0 Å². The second-order valence-electron chi connectivity index (χ2n) is 4.92. The molecule has 0 aliphatic rings. The fraction of sp³-hybridized carbons (Fsp3) is 0.286. The van der Waals surface area contributed by atoms with Crippen molar-refractivity contribution in [2.45, 2.75) is 26.7 Å². The molecule has 0 amide bonds. The number of para-hydroxylation sites is 1. The lowest BCUT2D eigenvalue weighted by Gasteiger charge is -2.16. The Morgan fingerprint density at radius 1 is 1.24 bits per heavy atom. The normalized spacial score (nSPS) is 10.8. The molecule has 0 unspecified atom stereocenters. The molecule has 112 valence electrons. The summed E-state index contributed by atoms with van der Waals surface area (Å²) >= 11 is 6.02. The van der Waals surface area contributed by atoms with Gasteiger partial charge in [0.1, 0.15) is 23.3 Å². The van der Waals surface area contributed by atoms with Crippen LogP contribution in [0.2, 0.25) is 5.02 Å². The number of hydrogen-bond acceptors (Lipinski definition) is 5. The molecule has 2 aromatic rings. The number of hydrogen-bond donors (Lipinski definition) is 3. The van der Waals surface area contributed by atoms with Gasteiger partial charge in [-0.25, -0.2) is 20.2 Å². The molecule has 0 aliphatic carbocycles. The lowest BCUT2D eigenvalue weighted by molar-refractivity contribution is 0.631. The van der Waals surface area contributed by atoms with Crippen LogP contribution in [0.1, 0.15) is 31.2 Å². The average molecular weight is 310 g/mol. The van der Waals surface area contributed by atoms with E-state index in [2.05, 4.69) is 20.7 Å². The number of rotatable bonds is 4. The van der Waals surface area contributed by atoms with Gasteiger partial charge in [0.25, 0.3) is 0 Å². The van der Waals surface area contributed by atoms with Gasteiger partial charge in [-0.05, 0) is 19.1 Å². The Hall–Kier alpha value is -1.92. The minimum atomic E-state index is -0.450. The van der Waals surface area contributed by atoms with E-state index in [1.165, 1.54) is 6.07 Å². The Labute approximate surface area is 127 Å². The molecule has 1 heterocycles. The molecule has 0 saturated heterocycles. The fourth-order valence-corrected chi connectivity index (χ4v) is 2.00. The molecule has 7 heteroatoms. The van der Waals surface area contributed by atoms with E-state index in [4.69, 9.17) is 17.4 Å². The summed E-state index contributed by atoms with van der Waals surface area (Å²) in [6, 6.07) is 4.48. The Balaban J connectivity index is 2.51. The second kappa shape index (κ2) is 6.24. The molecule has 0 atom stereocenters. The van der Waals surface area contributed by atoms with Crippen molar-refractivity contribution in [2.75, 3.05) is 10.7 Å². The Morgan fingerprint density at radius 2 is 1.90 bits per heavy atom. The molecule has 1 aromatic carbocycles. The number of benzene rings is 1. The highest BCUT2D eigenvalue weighted by molar-refractivity contribution is 6.33. The van der Waals surface area contributed by atoms with Crippen LogP contribution in [0.4, 0.5) is 21.7 Å². The Kier molecular flexibility index (Phi) is 4.59. The first kappa shape index (κ1) is 15.5. The Bertz CT molecular complexity index is 640. The van der Waals surface area contributed by atoms with Crippen LogP contribution in [0.15, 0.2) is 18.2 Å². The molecule has 0 fully saturated rings. The summed E-state index contributed by atoms with van der Waals surface area (Å²) in [7, 11) is 0. The lowest BCUT2D eigenvalue weighted by atomic mass is 10.2. The van der Waals surface area contributed by atoms with Crippen LogP contribution < -0.4 is 16.6 Å². The zero-order valence-electron chi connectivity index (χ0n) is 12.0. The third kappa shape index (κ3) is 3.22. The number of nitrogens with zero attached hydrogens (tertiary/aromatic N) is 2. The largest absolute Gasteiger partial charge is 0.336 e. The summed E-state index contributed by atoms with van der Waals surface area (Å²) in [6.07, 6.45) is 0. The maximum absolute atomic E-state index is 13.9. The van der Waals surface area contributed by atoms with Crippen LogP contribution in [0, 0.1) is 12.7 Å². The molecule has 1 aromatic heterocycles. The number of hydrazine groups is 1. The average Bonchev–Trinajstić information content (AvgIpc) is 2.44. The molecular formula is C14H17ClFN5. The number of halogens is 2. The molecule has 0 bridgehead atoms. The van der Waals surface area contributed by atoms with Gasteiger partial charge in [0.15, 0.2) is 0 Å². The van der Waals surface area contributed by atoms with E-state index in [1.807, 2.05) is 13.8 Å². The topological polar surface area (TPSA) is 75.9 Å². The van der Waals surface area contributed by atoms with E-state index in [9.17, 15) is 4.39 Å². The van der Waals surface area contributed by atoms with Crippen molar-refractivity contribution in [3.8, 4) is 0 Å². The predicted molar refractivity (Wildman–Crippen MR) is 83.4 cm³/mol. The highest BCUT2D eigenvalue weighted by Gasteiger charge is 2.15. The number of nitrogens with one attached hydrogen (secondary N) is 2. The van der Waals surface area contributed by atoms with Crippen molar-refractivity contribution in [1.82, 2.24) is 9.97 Å². The molecule has 0 radical (unpaired) electrons. The molecule has 0 aliphatic heterocycles. The van der Waals surface area contributed by atoms with Gasteiger partial charge in [-0.2, -0.15) is 0 Å². The fourth-order valence-electron chi connectivity index (χ4n) is 1.79. The minimum absolute atomic E-state index is 0.106. The smallest absolute Gasteiger partial charge is 0.148 e. The summed E-state index contributed by atoms with van der Waals surface area (Å²) in [4.78, 5) is 8.74. The van der Waals surface area contributed by atoms with Crippen molar-refractivity contribution in [3.05, 3.63) is 40.4 Å². The van der Waals surface area contributed by atoms with Crippen molar-refractivity contribution in [2.24, 2.45) is 5.84 Å². The highest BCUT2D eigenvalue weighted by atomic mass is 35.5. The summed E-state index contributed by atoms with van der Waals surface area (Å²) in [5.41, 5.74) is 3.39. The molecule has 21 heavy (non-hydrogen) atoms. The minimum Gasteiger partial charge on any atom is -0.336 e. The van der Waals surface area contributed by atoms with E-state index < -0.39 is 5.82 Å². The number of anilines is 3. The Morgan fingerprint density at radius 3 is 2.48 bits per heavy atom. The molecule has 0 saturated carbocycles. The van der Waals surface area contributed by atoms with Gasteiger partial charge in [-0.3, -0.25) is 0 Å². The molecule has 4 N–H and O–H groups in total. The van der Waals surface area contributed by atoms with Gasteiger partial charge in [0.2, 0.25) is 0 Å². The van der Waals surface area contributed by atoms with Gasteiger partial charge in [0.05, 0.1) is 10.7 Å². The van der Waals surface area contributed by atoms with Crippen LogP contribution in [-0.4, -0.2) is 9.97 Å². The summed E-state index contributed by atoms with van der Waals surface area (Å²) < 4.78 is 13.9. The van der Waals surface area contributed by atoms with E-state index in [0.29, 0.717) is 23.0 Å². The quantitative estimate of drug-likeness (QED) is 0.592. The van der Waals surface area contributed by atoms with Crippen LogP contribution in [0.5, 0.6) is 0 Å². The van der Waals surface area contributed by atoms with E-state index in [-0.39, 0.29) is 16.6 Å². The van der Waals surface area contributed by atoms with Crippen LogP contribution >= 0.6 is 11.6 Å². The van der Waals surface area contributed by atoms with Gasteiger partial charge in [-0.1, -0.05) is 31.5 Å². The maximum atomic E-state index is 13.9. The molecule has 5 nitrogen and oxygen atoms in total. The third-order valence-corrected chi connectivity index (χ3v) is 3.34. The predicted octanol–water partition coefficient (Wildman–Crippen LogP) is 3.73. The first-order chi connectivity index (χ1) is 9.93. The van der Waals surface area contributed by atoms with Crippen molar-refractivity contribution in [3.63, 3.8) is 0 Å². The van der Waals surface area contributed by atoms with E-state index in [1.54, 1.807) is 19.1 Å². The zero-order valence-corrected chi connectivity index (χ0v) is 12.8. The molecular weight excluding hydrogens is 293 g/mol. The van der Waals surface area contributed by atoms with Gasteiger partial charge >= 0.3 is 0 Å². The van der Waals surface area contributed by atoms with Gasteiger partial charge in [0, 0.05) is 11.5 Å². The molecule has 2 rings (SSSR count). The number of aromatic nitrogens is 2. The molecule has 0 spiro atoms. The van der Waals surface area contributed by atoms with Gasteiger partial charge in [-0.15, -0.1) is 0 Å². The van der Waals surface area contributed by atoms with Crippen LogP contribution in [0.3, 0.4) is 0 Å². The van der Waals surface area contributed by atoms with E-state index >= 15 is 0 Å². The van der Waals surface area contributed by atoms with E-state index in [0.717, 1.165) is 0 Å². The lowest BCUT2D eigenvalue weighted by Crippen LogP contribution is -2.14. The van der Waals surface area contributed by atoms with Gasteiger partial charge < -0.3 is 10.7 Å². The first-order valence-electron chi connectivity index (χ1n) is 6.50. The number of nitrogen functional groups attached to an aromatic ring is 1. The maximum Gasteiger partial charge on any atom is 0.148 e. The van der Waals surface area contributed by atoms with Crippen molar-refractivity contribution < 1.29 is 4.39 Å². The van der Waals surface area contributed by atoms with Crippen molar-refractivity contribution >= 4 is 28.9 Å². The highest BCUT2D eigenvalue weighted by Crippen LogP contribution is 2.30. The third-order valence-electron chi connectivity index (χ3n) is 3.02. The summed E-state index contributed by atoms with van der Waals surface area (Å²) in [6.45, 7) is 5.71. The summed E-state index contributed by atoms with van der Waals surface area (Å²) in [5, 5.41) is 3.20. The number of nitrogens with two attached hydrogens (primary N) is 1. The van der Waals surface area contributed by atoms with Crippen molar-refractivity contribution in [1.29, 1.82) is 0 Å².